The Labute approximate surface area is 134 Å². The Morgan fingerprint density at radius 3 is 2.65 bits per heavy atom. The van der Waals surface area contributed by atoms with Gasteiger partial charge in [-0.15, -0.1) is 0 Å². The summed E-state index contributed by atoms with van der Waals surface area (Å²) < 4.78 is 5.11. The molecule has 1 atom stereocenters. The number of ether oxygens (including phenoxy) is 1. The third kappa shape index (κ3) is 3.69. The highest BCUT2D eigenvalue weighted by Gasteiger charge is 2.28. The number of hydrogen-bond acceptors (Lipinski definition) is 4. The smallest absolute Gasteiger partial charge is 0.264 e. The molecular weight excluding hydrogens is 292 g/mol. The van der Waals surface area contributed by atoms with E-state index in [4.69, 9.17) is 9.57 Å². The fourth-order valence-corrected chi connectivity index (χ4v) is 2.37. The average Bonchev–Trinajstić information content (AvgIpc) is 3.11. The second-order valence-corrected chi connectivity index (χ2v) is 5.27. The molecule has 1 aliphatic heterocycles. The van der Waals surface area contributed by atoms with Crippen molar-refractivity contribution in [3.63, 3.8) is 0 Å². The molecule has 5 nitrogen and oxygen atoms in total. The van der Waals surface area contributed by atoms with Crippen molar-refractivity contribution in [2.45, 2.75) is 19.1 Å². The summed E-state index contributed by atoms with van der Waals surface area (Å²) in [6.45, 7) is 0.448. The molecule has 2 aromatic rings. The van der Waals surface area contributed by atoms with Crippen LogP contribution in [-0.4, -0.2) is 24.8 Å². The summed E-state index contributed by atoms with van der Waals surface area (Å²) in [4.78, 5) is 17.4. The van der Waals surface area contributed by atoms with Crippen LogP contribution in [0.25, 0.3) is 0 Å². The first-order valence-electron chi connectivity index (χ1n) is 7.45. The molecule has 1 N–H and O–H groups in total. The van der Waals surface area contributed by atoms with E-state index >= 15 is 0 Å². The molecule has 0 saturated carbocycles. The van der Waals surface area contributed by atoms with Gasteiger partial charge in [-0.1, -0.05) is 47.6 Å². The SMILES string of the molecule is COc1ccc(CNC(=O)C2CC(c3ccccc3)=NO2)cc1. The summed E-state index contributed by atoms with van der Waals surface area (Å²) in [6, 6.07) is 17.3. The van der Waals surface area contributed by atoms with Gasteiger partial charge < -0.3 is 14.9 Å². The molecule has 5 heteroatoms. The fraction of sp³-hybridized carbons (Fsp3) is 0.222. The second kappa shape index (κ2) is 6.96. The molecule has 118 valence electrons. The van der Waals surface area contributed by atoms with Crippen molar-refractivity contribution in [2.24, 2.45) is 5.16 Å². The predicted molar refractivity (Wildman–Crippen MR) is 87.3 cm³/mol. The average molecular weight is 310 g/mol. The zero-order chi connectivity index (χ0) is 16.1. The normalized spacial score (nSPS) is 16.4. The molecule has 23 heavy (non-hydrogen) atoms. The first-order valence-corrected chi connectivity index (χ1v) is 7.45. The molecule has 2 aromatic carbocycles. The molecule has 1 aliphatic rings. The van der Waals surface area contributed by atoms with Crippen LogP contribution in [-0.2, 0) is 16.2 Å². The van der Waals surface area contributed by atoms with E-state index in [1.165, 1.54) is 0 Å². The van der Waals surface area contributed by atoms with Gasteiger partial charge in [-0.3, -0.25) is 4.79 Å². The van der Waals surface area contributed by atoms with Crippen LogP contribution >= 0.6 is 0 Å². The van der Waals surface area contributed by atoms with Gasteiger partial charge in [0.15, 0.2) is 0 Å². The Kier molecular flexibility index (Phi) is 4.57. The van der Waals surface area contributed by atoms with Crippen molar-refractivity contribution in [3.8, 4) is 5.75 Å². The minimum absolute atomic E-state index is 0.157. The lowest BCUT2D eigenvalue weighted by molar-refractivity contribution is -0.131. The highest BCUT2D eigenvalue weighted by Crippen LogP contribution is 2.17. The Bertz CT molecular complexity index is 696. The number of benzene rings is 2. The minimum Gasteiger partial charge on any atom is -0.497 e. The van der Waals surface area contributed by atoms with Crippen LogP contribution in [0.15, 0.2) is 59.8 Å². The van der Waals surface area contributed by atoms with Gasteiger partial charge in [0, 0.05) is 13.0 Å². The van der Waals surface area contributed by atoms with Crippen LogP contribution in [0.4, 0.5) is 0 Å². The molecule has 3 rings (SSSR count). The van der Waals surface area contributed by atoms with Crippen LogP contribution in [0.1, 0.15) is 17.5 Å². The predicted octanol–water partition coefficient (Wildman–Crippen LogP) is 2.50. The number of oxime groups is 1. The van der Waals surface area contributed by atoms with Crippen molar-refractivity contribution in [3.05, 3.63) is 65.7 Å². The summed E-state index contributed by atoms with van der Waals surface area (Å²) in [7, 11) is 1.62. The van der Waals surface area contributed by atoms with E-state index in [-0.39, 0.29) is 5.91 Å². The highest BCUT2D eigenvalue weighted by atomic mass is 16.6. The largest absolute Gasteiger partial charge is 0.497 e. The molecular formula is C18H18N2O3. The van der Waals surface area contributed by atoms with Gasteiger partial charge in [-0.25, -0.2) is 0 Å². The number of nitrogens with zero attached hydrogens (tertiary/aromatic N) is 1. The van der Waals surface area contributed by atoms with Gasteiger partial charge in [-0.2, -0.15) is 0 Å². The Balaban J connectivity index is 1.52. The first kappa shape index (κ1) is 15.1. The van der Waals surface area contributed by atoms with E-state index in [0.717, 1.165) is 22.6 Å². The number of amides is 1. The Morgan fingerprint density at radius 1 is 1.22 bits per heavy atom. The zero-order valence-electron chi connectivity index (χ0n) is 12.9. The van der Waals surface area contributed by atoms with Crippen LogP contribution in [0.2, 0.25) is 0 Å². The Hall–Kier alpha value is -2.82. The summed E-state index contributed by atoms with van der Waals surface area (Å²) >= 11 is 0. The van der Waals surface area contributed by atoms with Crippen molar-refractivity contribution >= 4 is 11.6 Å². The molecule has 0 fully saturated rings. The van der Waals surface area contributed by atoms with E-state index in [9.17, 15) is 4.79 Å². The summed E-state index contributed by atoms with van der Waals surface area (Å²) in [5.74, 6) is 0.635. The van der Waals surface area contributed by atoms with E-state index in [2.05, 4.69) is 10.5 Å². The fourth-order valence-electron chi connectivity index (χ4n) is 2.37. The van der Waals surface area contributed by atoms with Crippen molar-refractivity contribution in [1.82, 2.24) is 5.32 Å². The number of rotatable bonds is 5. The molecule has 1 unspecified atom stereocenters. The molecule has 0 bridgehead atoms. The lowest BCUT2D eigenvalue weighted by atomic mass is 10.0. The van der Waals surface area contributed by atoms with Gasteiger partial charge in [0.25, 0.3) is 5.91 Å². The standard InChI is InChI=1S/C18H18N2O3/c1-22-15-9-7-13(8-10-15)12-19-18(21)17-11-16(20-23-17)14-5-3-2-4-6-14/h2-10,17H,11-12H2,1H3,(H,19,21). The highest BCUT2D eigenvalue weighted by molar-refractivity contribution is 6.04. The number of nitrogens with one attached hydrogen (secondary N) is 1. The maximum absolute atomic E-state index is 12.2. The van der Waals surface area contributed by atoms with Gasteiger partial charge in [0.1, 0.15) is 5.75 Å². The van der Waals surface area contributed by atoms with E-state index in [0.29, 0.717) is 13.0 Å². The molecule has 0 aromatic heterocycles. The maximum atomic E-state index is 12.2. The van der Waals surface area contributed by atoms with Crippen molar-refractivity contribution < 1.29 is 14.4 Å². The topological polar surface area (TPSA) is 59.9 Å². The molecule has 1 amide bonds. The molecule has 0 aliphatic carbocycles. The van der Waals surface area contributed by atoms with Crippen LogP contribution in [0.5, 0.6) is 5.75 Å². The van der Waals surface area contributed by atoms with E-state index in [1.54, 1.807) is 7.11 Å². The Morgan fingerprint density at radius 2 is 1.96 bits per heavy atom. The van der Waals surface area contributed by atoms with E-state index < -0.39 is 6.10 Å². The van der Waals surface area contributed by atoms with Crippen LogP contribution in [0.3, 0.4) is 0 Å². The maximum Gasteiger partial charge on any atom is 0.264 e. The molecule has 1 heterocycles. The van der Waals surface area contributed by atoms with Gasteiger partial charge in [0.2, 0.25) is 6.10 Å². The molecule has 0 saturated heterocycles. The third-order valence-electron chi connectivity index (χ3n) is 3.69. The van der Waals surface area contributed by atoms with Crippen LogP contribution < -0.4 is 10.1 Å². The van der Waals surface area contributed by atoms with Crippen LogP contribution in [0, 0.1) is 0 Å². The first-order chi connectivity index (χ1) is 11.3. The summed E-state index contributed by atoms with van der Waals surface area (Å²) in [6.07, 6.45) is -0.0817. The number of methoxy groups -OCH3 is 1. The molecule has 0 radical (unpaired) electrons. The van der Waals surface area contributed by atoms with E-state index in [1.807, 2.05) is 54.6 Å². The van der Waals surface area contributed by atoms with Crippen molar-refractivity contribution in [2.75, 3.05) is 7.11 Å². The quantitative estimate of drug-likeness (QED) is 0.923. The van der Waals surface area contributed by atoms with Gasteiger partial charge in [-0.05, 0) is 23.3 Å². The monoisotopic (exact) mass is 310 g/mol. The lowest BCUT2D eigenvalue weighted by Gasteiger charge is -2.10. The second-order valence-electron chi connectivity index (χ2n) is 5.27. The van der Waals surface area contributed by atoms with Crippen molar-refractivity contribution in [1.29, 1.82) is 0 Å². The lowest BCUT2D eigenvalue weighted by Crippen LogP contribution is -2.34. The van der Waals surface area contributed by atoms with Gasteiger partial charge >= 0.3 is 0 Å². The summed E-state index contributed by atoms with van der Waals surface area (Å²) in [5.41, 5.74) is 2.79. The zero-order valence-corrected chi connectivity index (χ0v) is 12.9. The minimum atomic E-state index is -0.566. The number of hydrogen-bond donors (Lipinski definition) is 1. The van der Waals surface area contributed by atoms with Gasteiger partial charge in [0.05, 0.1) is 12.8 Å². The third-order valence-corrected chi connectivity index (χ3v) is 3.69. The number of carbonyl (C=O) groups is 1. The molecule has 0 spiro atoms. The number of carbonyl (C=O) groups excluding carboxylic acids is 1. The summed E-state index contributed by atoms with van der Waals surface area (Å²) in [5, 5.41) is 6.90.